The molecule has 5 amide bonds. The van der Waals surface area contributed by atoms with Crippen molar-refractivity contribution in [1.29, 1.82) is 0 Å². The molecule has 0 bridgehead atoms. The minimum Gasteiger partial charge on any atom is -0.497 e. The van der Waals surface area contributed by atoms with Crippen molar-refractivity contribution in [2.45, 2.75) is 51.3 Å². The van der Waals surface area contributed by atoms with Crippen LogP contribution in [0.4, 0.5) is 22.8 Å². The Hall–Kier alpha value is -4.22. The van der Waals surface area contributed by atoms with E-state index in [0.29, 0.717) is 18.7 Å². The van der Waals surface area contributed by atoms with Crippen LogP contribution in [0.2, 0.25) is 0 Å². The molecule has 2 aliphatic heterocycles. The van der Waals surface area contributed by atoms with Gasteiger partial charge in [-0.15, -0.1) is 5.56 Å². The van der Waals surface area contributed by atoms with Gasteiger partial charge in [-0.1, -0.05) is 55.0 Å². The van der Waals surface area contributed by atoms with Gasteiger partial charge in [0.1, 0.15) is 18.0 Å². The van der Waals surface area contributed by atoms with E-state index in [1.54, 1.807) is 24.3 Å². The Kier molecular flexibility index (Phi) is 13.8. The van der Waals surface area contributed by atoms with Crippen LogP contribution >= 0.6 is 0 Å². The number of ether oxygens (including phenoxy) is 2. The summed E-state index contributed by atoms with van der Waals surface area (Å²) < 4.78 is 50.8. The Morgan fingerprint density at radius 1 is 0.941 bits per heavy atom. The fourth-order valence-electron chi connectivity index (χ4n) is 6.12. The van der Waals surface area contributed by atoms with Gasteiger partial charge in [-0.2, -0.15) is 37.4 Å². The second kappa shape index (κ2) is 17.8. The zero-order valence-electron chi connectivity index (χ0n) is 28.2. The summed E-state index contributed by atoms with van der Waals surface area (Å²) in [6.07, 6.45) is -5.56. The summed E-state index contributed by atoms with van der Waals surface area (Å²) in [6, 6.07) is 20.0. The number of alkyl halides is 3. The van der Waals surface area contributed by atoms with Crippen LogP contribution in [0.3, 0.4) is 0 Å². The number of carbonyl (C=O) groups is 4. The van der Waals surface area contributed by atoms with Crippen LogP contribution < -0.4 is 15.4 Å². The number of rotatable bonds is 11. The van der Waals surface area contributed by atoms with Gasteiger partial charge in [-0.3, -0.25) is 14.5 Å². The van der Waals surface area contributed by atoms with E-state index >= 15 is 0 Å². The maximum Gasteiger partial charge on any atom is 0.410 e. The number of fused-ring (bicyclic) bond motifs is 1. The number of methoxy groups -OCH3 is 1. The van der Waals surface area contributed by atoms with Crippen molar-refractivity contribution < 1.29 is 72.9 Å². The smallest absolute Gasteiger partial charge is 0.410 e. The molecular formula is C36H39F3N5O6U-. The van der Waals surface area contributed by atoms with E-state index in [1.807, 2.05) is 37.3 Å². The second-order valence-corrected chi connectivity index (χ2v) is 12.2. The number of hydrogen-bond donors (Lipinski definition) is 2. The van der Waals surface area contributed by atoms with Gasteiger partial charge in [-0.25, -0.2) is 9.59 Å². The average molecular weight is 933 g/mol. The van der Waals surface area contributed by atoms with E-state index < -0.39 is 54.5 Å². The zero-order chi connectivity index (χ0) is 35.8. The molecule has 0 spiro atoms. The molecule has 3 aromatic carbocycles. The minimum atomic E-state index is -4.60. The molecule has 2 fully saturated rings. The standard InChI is InChI=1S/C36H39F3N5O6.U/c1-3-16-40-34(47)41-19-30-33(46)42(20-25-8-5-4-6-9-25)22-31-43(35(48)50-23-26-10-7-11-28(18-26)36(37,38)39)21-27(32(45)44(30)31)17-24-12-14-29(49-2)15-13-24;/h4-6,8-15,18,27,30-31H,3,16-17,19-23H2,1-2H3,(H2,40,41,47);/q-1;/t27-,30-,31+;/m0./s1. The van der Waals surface area contributed by atoms with Gasteiger partial charge in [0.25, 0.3) is 0 Å². The normalized spacial score (nSPS) is 18.8. The van der Waals surface area contributed by atoms with Crippen LogP contribution in [0.25, 0.3) is 0 Å². The predicted molar refractivity (Wildman–Crippen MR) is 175 cm³/mol. The van der Waals surface area contributed by atoms with E-state index in [4.69, 9.17) is 9.47 Å². The fourth-order valence-corrected chi connectivity index (χ4v) is 6.12. The molecule has 3 atom stereocenters. The van der Waals surface area contributed by atoms with Crippen molar-refractivity contribution in [1.82, 2.24) is 25.3 Å². The summed E-state index contributed by atoms with van der Waals surface area (Å²) in [7, 11) is 1.53. The molecule has 2 aliphatic rings. The molecule has 11 nitrogen and oxygen atoms in total. The predicted octanol–water partition coefficient (Wildman–Crippen LogP) is 4.60. The molecule has 0 unspecified atom stereocenters. The third kappa shape index (κ3) is 9.98. The summed E-state index contributed by atoms with van der Waals surface area (Å²) in [5.74, 6) is -0.976. The summed E-state index contributed by atoms with van der Waals surface area (Å²) in [5, 5.41) is 5.40. The van der Waals surface area contributed by atoms with Crippen LogP contribution in [-0.2, 0) is 40.1 Å². The number of amides is 5. The van der Waals surface area contributed by atoms with E-state index in [9.17, 15) is 32.3 Å². The molecular weight excluding hydrogens is 893 g/mol. The van der Waals surface area contributed by atoms with Crippen LogP contribution in [0.15, 0.2) is 72.8 Å². The Labute approximate surface area is 318 Å². The number of nitrogens with zero attached hydrogens (tertiary/aromatic N) is 3. The van der Waals surface area contributed by atoms with Gasteiger partial charge < -0.3 is 29.9 Å². The van der Waals surface area contributed by atoms with Gasteiger partial charge in [0.2, 0.25) is 11.8 Å². The first kappa shape index (κ1) is 39.6. The molecule has 0 aliphatic carbocycles. The third-order valence-electron chi connectivity index (χ3n) is 8.64. The molecule has 0 saturated carbocycles. The quantitative estimate of drug-likeness (QED) is 0.272. The number of piperazine rings is 1. The SMILES string of the molecule is CCCNC(=O)NC[C@H]1C(=O)N(Cc2ccccc2)C[C@@H]2N(C(=O)OCc3c[c-]cc(C(F)(F)F)c3)C[C@H](Cc3ccc(OC)cc3)C(=O)N21.[U]. The minimum absolute atomic E-state index is 0. The molecule has 270 valence electrons. The Morgan fingerprint density at radius 2 is 1.67 bits per heavy atom. The first-order valence-corrected chi connectivity index (χ1v) is 16.3. The number of halogens is 3. The molecule has 0 aromatic heterocycles. The van der Waals surface area contributed by atoms with Crippen LogP contribution in [0.1, 0.15) is 35.6 Å². The largest absolute Gasteiger partial charge is 0.497 e. The molecule has 3 aromatic rings. The number of nitrogens with one attached hydrogen (secondary N) is 2. The van der Waals surface area contributed by atoms with Crippen molar-refractivity contribution in [2.24, 2.45) is 5.92 Å². The number of carbonyl (C=O) groups excluding carboxylic acids is 4. The maximum absolute atomic E-state index is 14.3. The van der Waals surface area contributed by atoms with E-state index in [-0.39, 0.29) is 75.2 Å². The third-order valence-corrected chi connectivity index (χ3v) is 8.64. The van der Waals surface area contributed by atoms with Crippen molar-refractivity contribution in [2.75, 3.05) is 33.3 Å². The van der Waals surface area contributed by atoms with E-state index in [1.165, 1.54) is 27.9 Å². The number of hydrogen-bond acceptors (Lipinski definition) is 6. The van der Waals surface area contributed by atoms with Crippen LogP contribution in [0, 0.1) is 43.1 Å². The van der Waals surface area contributed by atoms with Crippen LogP contribution in [-0.4, -0.2) is 84.1 Å². The maximum atomic E-state index is 14.3. The molecule has 2 N–H and O–H groups in total. The summed E-state index contributed by atoms with van der Waals surface area (Å²) >= 11 is 0. The average Bonchev–Trinajstić information content (AvgIpc) is 3.11. The van der Waals surface area contributed by atoms with Crippen LogP contribution in [0.5, 0.6) is 5.75 Å². The van der Waals surface area contributed by atoms with E-state index in [2.05, 4.69) is 16.7 Å². The Morgan fingerprint density at radius 3 is 2.33 bits per heavy atom. The number of benzene rings is 3. The van der Waals surface area contributed by atoms with Crippen molar-refractivity contribution in [3.8, 4) is 5.75 Å². The Balaban J connectivity index is 0.00000583. The van der Waals surface area contributed by atoms with Gasteiger partial charge in [0.15, 0.2) is 0 Å². The molecule has 15 heteroatoms. The summed E-state index contributed by atoms with van der Waals surface area (Å²) in [4.78, 5) is 59.1. The van der Waals surface area contributed by atoms with Gasteiger partial charge in [0, 0.05) is 57.3 Å². The van der Waals surface area contributed by atoms with Crippen molar-refractivity contribution in [3.63, 3.8) is 0 Å². The van der Waals surface area contributed by atoms with Crippen molar-refractivity contribution in [3.05, 3.63) is 101 Å². The van der Waals surface area contributed by atoms with Gasteiger partial charge in [-0.05, 0) is 36.1 Å². The topological polar surface area (TPSA) is 121 Å². The first-order valence-electron chi connectivity index (χ1n) is 16.3. The molecule has 2 heterocycles. The molecule has 0 radical (unpaired) electrons. The summed E-state index contributed by atoms with van der Waals surface area (Å²) in [6.45, 7) is 1.64. The zero-order valence-corrected chi connectivity index (χ0v) is 32.4. The van der Waals surface area contributed by atoms with Gasteiger partial charge >= 0.3 is 18.3 Å². The molecule has 5 rings (SSSR count). The second-order valence-electron chi connectivity index (χ2n) is 12.2. The van der Waals surface area contributed by atoms with Gasteiger partial charge in [0.05, 0.1) is 26.2 Å². The molecule has 2 saturated heterocycles. The Bertz CT molecular complexity index is 1660. The monoisotopic (exact) mass is 932 g/mol. The fraction of sp³-hybridized carbons (Fsp3) is 0.389. The first-order chi connectivity index (χ1) is 24.0. The van der Waals surface area contributed by atoms with E-state index in [0.717, 1.165) is 23.3 Å². The van der Waals surface area contributed by atoms with Crippen molar-refractivity contribution >= 4 is 23.9 Å². The molecule has 51 heavy (non-hydrogen) atoms. The number of urea groups is 1. The summed E-state index contributed by atoms with van der Waals surface area (Å²) in [5.41, 5.74) is 0.743.